The molecule has 8 heteroatoms. The maximum atomic E-state index is 12.7. The molecule has 0 aromatic carbocycles. The van der Waals surface area contributed by atoms with E-state index in [-0.39, 0.29) is 18.2 Å². The Balaban J connectivity index is 2.77. The lowest BCUT2D eigenvalue weighted by Gasteiger charge is -2.41. The molecule has 1 fully saturated rings. The van der Waals surface area contributed by atoms with Gasteiger partial charge in [0, 0.05) is 0 Å². The first-order valence-corrected chi connectivity index (χ1v) is 5.96. The Morgan fingerprint density at radius 1 is 1.35 bits per heavy atom. The van der Waals surface area contributed by atoms with Gasteiger partial charge in [-0.05, 0) is 19.3 Å². The highest BCUT2D eigenvalue weighted by Gasteiger charge is 2.54. The summed E-state index contributed by atoms with van der Waals surface area (Å²) in [5.41, 5.74) is -1.40. The Morgan fingerprint density at radius 3 is 2.18 bits per heavy atom. The lowest BCUT2D eigenvalue weighted by atomic mass is 9.74. The van der Waals surface area contributed by atoms with E-state index in [9.17, 15) is 27.2 Å². The number of carbonyl (C=O) groups is 2. The molecule has 98 valence electrons. The summed E-state index contributed by atoms with van der Waals surface area (Å²) in [6, 6.07) is 0. The Labute approximate surface area is 103 Å². The number of amides is 1. The molecule has 17 heavy (non-hydrogen) atoms. The third-order valence-electron chi connectivity index (χ3n) is 2.79. The Bertz CT molecular complexity index is 331. The van der Waals surface area contributed by atoms with Crippen LogP contribution >= 0.6 is 15.9 Å². The number of alkyl halides is 5. The summed E-state index contributed by atoms with van der Waals surface area (Å²) in [7, 11) is 0. The van der Waals surface area contributed by atoms with E-state index >= 15 is 0 Å². The van der Waals surface area contributed by atoms with Crippen molar-refractivity contribution in [2.45, 2.75) is 37.1 Å². The van der Waals surface area contributed by atoms with Crippen LogP contribution in [-0.4, -0.2) is 34.9 Å². The Morgan fingerprint density at radius 2 is 1.88 bits per heavy atom. The molecule has 0 unspecified atom stereocenters. The van der Waals surface area contributed by atoms with Gasteiger partial charge in [0.25, 0.3) is 5.91 Å². The molecule has 0 radical (unpaired) electrons. The van der Waals surface area contributed by atoms with Crippen molar-refractivity contribution in [2.24, 2.45) is 0 Å². The predicted octanol–water partition coefficient (Wildman–Crippen LogP) is 1.89. The van der Waals surface area contributed by atoms with Gasteiger partial charge < -0.3 is 5.32 Å². The number of ketones is 1. The minimum atomic E-state index is -4.77. The smallest absolute Gasteiger partial charge is 0.338 e. The van der Waals surface area contributed by atoms with Crippen LogP contribution in [0.1, 0.15) is 19.3 Å². The maximum absolute atomic E-state index is 12.7. The quantitative estimate of drug-likeness (QED) is 0.621. The molecule has 0 aliphatic heterocycles. The second-order valence-corrected chi connectivity index (χ2v) is 4.43. The van der Waals surface area contributed by atoms with Gasteiger partial charge in [0.2, 0.25) is 0 Å². The Kier molecular flexibility index (Phi) is 4.16. The van der Waals surface area contributed by atoms with Crippen molar-refractivity contribution < 1.29 is 27.2 Å². The van der Waals surface area contributed by atoms with Crippen LogP contribution in [0.2, 0.25) is 0 Å². The molecule has 3 nitrogen and oxygen atoms in total. The summed E-state index contributed by atoms with van der Waals surface area (Å²) in [6.07, 6.45) is -3.11. The molecule has 1 amide bonds. The first-order valence-electron chi connectivity index (χ1n) is 4.84. The molecule has 1 rings (SSSR count). The first kappa shape index (κ1) is 14.4. The fourth-order valence-electron chi connectivity index (χ4n) is 1.53. The summed E-state index contributed by atoms with van der Waals surface area (Å²) in [5, 5.41) is 1.64. The molecule has 0 atom stereocenters. The van der Waals surface area contributed by atoms with E-state index in [4.69, 9.17) is 0 Å². The fraction of sp³-hybridized carbons (Fsp3) is 0.778. The van der Waals surface area contributed by atoms with E-state index in [1.54, 1.807) is 5.32 Å². The number of carbonyl (C=O) groups excluding carboxylic acids is 2. The number of nitrogens with one attached hydrogen (secondary N) is 1. The van der Waals surface area contributed by atoms with Crippen molar-refractivity contribution in [1.82, 2.24) is 5.32 Å². The SMILES string of the molecule is O=C(CBr)C1(NC(=O)C(F)(F)C(F)F)CCC1. The van der Waals surface area contributed by atoms with Crippen LogP contribution in [0.5, 0.6) is 0 Å². The molecular weight excluding hydrogens is 310 g/mol. The molecule has 0 saturated heterocycles. The minimum Gasteiger partial charge on any atom is -0.338 e. The van der Waals surface area contributed by atoms with Gasteiger partial charge in [0.05, 0.1) is 10.9 Å². The fourth-order valence-corrected chi connectivity index (χ4v) is 2.07. The number of halogens is 5. The zero-order valence-corrected chi connectivity index (χ0v) is 10.2. The molecule has 1 aliphatic rings. The number of Topliss-reactive ketones (excluding diaryl/α,β-unsaturated/α-hetero) is 1. The van der Waals surface area contributed by atoms with Gasteiger partial charge in [-0.15, -0.1) is 0 Å². The van der Waals surface area contributed by atoms with Crippen LogP contribution in [0.3, 0.4) is 0 Å². The van der Waals surface area contributed by atoms with Crippen molar-refractivity contribution in [2.75, 3.05) is 5.33 Å². The molecule has 0 bridgehead atoms. The third-order valence-corrected chi connectivity index (χ3v) is 3.30. The van der Waals surface area contributed by atoms with Crippen molar-refractivity contribution in [3.8, 4) is 0 Å². The standard InChI is InChI=1S/C9H10BrF4NO2/c10-4-5(16)8(2-1-3-8)15-7(17)9(13,14)6(11)12/h6H,1-4H2,(H,15,17). The zero-order chi connectivity index (χ0) is 13.3. The molecule has 0 spiro atoms. The van der Waals surface area contributed by atoms with Crippen LogP contribution in [0, 0.1) is 0 Å². The number of hydrogen-bond acceptors (Lipinski definition) is 2. The van der Waals surface area contributed by atoms with E-state index in [1.165, 1.54) is 0 Å². The first-order chi connectivity index (χ1) is 7.76. The summed E-state index contributed by atoms with van der Waals surface area (Å²) < 4.78 is 49.3. The number of hydrogen-bond donors (Lipinski definition) is 1. The Hall–Kier alpha value is -0.660. The summed E-state index contributed by atoms with van der Waals surface area (Å²) in [4.78, 5) is 22.5. The molecule has 0 aromatic rings. The lowest BCUT2D eigenvalue weighted by molar-refractivity contribution is -0.173. The van der Waals surface area contributed by atoms with Crippen molar-refractivity contribution >= 4 is 27.6 Å². The molecule has 0 heterocycles. The summed E-state index contributed by atoms with van der Waals surface area (Å²) in [6.45, 7) is 0. The van der Waals surface area contributed by atoms with E-state index in [2.05, 4.69) is 15.9 Å². The van der Waals surface area contributed by atoms with Crippen LogP contribution in [0.4, 0.5) is 17.6 Å². The van der Waals surface area contributed by atoms with Gasteiger partial charge >= 0.3 is 12.3 Å². The molecule has 1 N–H and O–H groups in total. The predicted molar refractivity (Wildman–Crippen MR) is 54.5 cm³/mol. The van der Waals surface area contributed by atoms with E-state index < -0.39 is 29.6 Å². The average molecular weight is 320 g/mol. The molecule has 1 aliphatic carbocycles. The monoisotopic (exact) mass is 319 g/mol. The average Bonchev–Trinajstić information content (AvgIpc) is 2.21. The lowest BCUT2D eigenvalue weighted by Crippen LogP contribution is -2.63. The summed E-state index contributed by atoms with van der Waals surface area (Å²) in [5.74, 6) is -7.35. The van der Waals surface area contributed by atoms with Crippen molar-refractivity contribution in [3.63, 3.8) is 0 Å². The molecule has 1 saturated carbocycles. The van der Waals surface area contributed by atoms with Crippen LogP contribution in [-0.2, 0) is 9.59 Å². The highest BCUT2D eigenvalue weighted by molar-refractivity contribution is 9.09. The van der Waals surface area contributed by atoms with Gasteiger partial charge in [0.1, 0.15) is 0 Å². The van der Waals surface area contributed by atoms with E-state index in [0.29, 0.717) is 6.42 Å². The van der Waals surface area contributed by atoms with Gasteiger partial charge in [0.15, 0.2) is 5.78 Å². The van der Waals surface area contributed by atoms with Crippen LogP contribution in [0.15, 0.2) is 0 Å². The van der Waals surface area contributed by atoms with Gasteiger partial charge in [-0.3, -0.25) is 9.59 Å². The topological polar surface area (TPSA) is 46.2 Å². The molecular formula is C9H10BrF4NO2. The zero-order valence-electron chi connectivity index (χ0n) is 8.61. The van der Waals surface area contributed by atoms with Gasteiger partial charge in [-0.1, -0.05) is 15.9 Å². The van der Waals surface area contributed by atoms with Crippen LogP contribution in [0.25, 0.3) is 0 Å². The second kappa shape index (κ2) is 4.91. The van der Waals surface area contributed by atoms with E-state index in [0.717, 1.165) is 0 Å². The van der Waals surface area contributed by atoms with Crippen LogP contribution < -0.4 is 5.32 Å². The summed E-state index contributed by atoms with van der Waals surface area (Å²) >= 11 is 2.86. The van der Waals surface area contributed by atoms with Gasteiger partial charge in [-0.2, -0.15) is 8.78 Å². The van der Waals surface area contributed by atoms with E-state index in [1.807, 2.05) is 0 Å². The highest BCUT2D eigenvalue weighted by atomic mass is 79.9. The molecule has 0 aromatic heterocycles. The van der Waals surface area contributed by atoms with Gasteiger partial charge in [-0.25, -0.2) is 8.78 Å². The normalized spacial score (nSPS) is 18.7. The maximum Gasteiger partial charge on any atom is 0.383 e. The highest BCUT2D eigenvalue weighted by Crippen LogP contribution is 2.35. The second-order valence-electron chi connectivity index (χ2n) is 3.87. The van der Waals surface area contributed by atoms with Crippen molar-refractivity contribution in [1.29, 1.82) is 0 Å². The third kappa shape index (κ3) is 2.61. The number of rotatable bonds is 5. The largest absolute Gasteiger partial charge is 0.383 e. The minimum absolute atomic E-state index is 0.118. The van der Waals surface area contributed by atoms with Crippen molar-refractivity contribution in [3.05, 3.63) is 0 Å².